The SMILES string of the molecule is N#Cc1ccc2nc(N)n(Cc3ccc(F)cc3)c2c1. The van der Waals surface area contributed by atoms with Crippen molar-refractivity contribution in [2.45, 2.75) is 6.54 Å². The smallest absolute Gasteiger partial charge is 0.201 e. The molecule has 0 unspecified atom stereocenters. The molecule has 0 aliphatic heterocycles. The summed E-state index contributed by atoms with van der Waals surface area (Å²) in [6, 6.07) is 13.5. The van der Waals surface area contributed by atoms with Gasteiger partial charge in [0, 0.05) is 0 Å². The molecule has 3 rings (SSSR count). The maximum Gasteiger partial charge on any atom is 0.201 e. The van der Waals surface area contributed by atoms with Gasteiger partial charge >= 0.3 is 0 Å². The molecule has 0 spiro atoms. The Hall–Kier alpha value is -2.87. The fraction of sp³-hybridized carbons (Fsp3) is 0.0667. The van der Waals surface area contributed by atoms with E-state index >= 15 is 0 Å². The number of nitrogens with zero attached hydrogens (tertiary/aromatic N) is 3. The zero-order chi connectivity index (χ0) is 14.1. The van der Waals surface area contributed by atoms with Crippen molar-refractivity contribution >= 4 is 17.0 Å². The van der Waals surface area contributed by atoms with Crippen molar-refractivity contribution in [3.63, 3.8) is 0 Å². The average Bonchev–Trinajstić information content (AvgIpc) is 2.77. The van der Waals surface area contributed by atoms with Crippen LogP contribution in [0.2, 0.25) is 0 Å². The molecule has 0 saturated carbocycles. The highest BCUT2D eigenvalue weighted by molar-refractivity contribution is 5.80. The van der Waals surface area contributed by atoms with Gasteiger partial charge in [-0.2, -0.15) is 5.26 Å². The fourth-order valence-electron chi connectivity index (χ4n) is 2.15. The van der Waals surface area contributed by atoms with Gasteiger partial charge in [0.25, 0.3) is 0 Å². The second-order valence-electron chi connectivity index (χ2n) is 4.50. The number of aromatic nitrogens is 2. The monoisotopic (exact) mass is 266 g/mol. The summed E-state index contributed by atoms with van der Waals surface area (Å²) in [4.78, 5) is 4.26. The molecule has 0 amide bonds. The Bertz CT molecular complexity index is 812. The summed E-state index contributed by atoms with van der Waals surface area (Å²) in [5.74, 6) is 0.100. The lowest BCUT2D eigenvalue weighted by Gasteiger charge is -2.06. The molecule has 1 aromatic heterocycles. The molecular weight excluding hydrogens is 255 g/mol. The normalized spacial score (nSPS) is 10.6. The number of hydrogen-bond acceptors (Lipinski definition) is 3. The van der Waals surface area contributed by atoms with Crippen LogP contribution in [0.5, 0.6) is 0 Å². The standard InChI is InChI=1S/C15H11FN4/c16-12-4-1-10(2-5-12)9-20-14-7-11(8-17)3-6-13(14)19-15(20)18/h1-7H,9H2,(H2,18,19). The highest BCUT2D eigenvalue weighted by atomic mass is 19.1. The zero-order valence-corrected chi connectivity index (χ0v) is 10.5. The number of nitrogens with two attached hydrogens (primary N) is 1. The van der Waals surface area contributed by atoms with Gasteiger partial charge in [-0.05, 0) is 35.9 Å². The van der Waals surface area contributed by atoms with E-state index in [1.807, 2.05) is 4.57 Å². The first-order valence-electron chi connectivity index (χ1n) is 6.07. The summed E-state index contributed by atoms with van der Waals surface area (Å²) in [7, 11) is 0. The van der Waals surface area contributed by atoms with E-state index in [1.165, 1.54) is 12.1 Å². The highest BCUT2D eigenvalue weighted by Gasteiger charge is 2.09. The zero-order valence-electron chi connectivity index (χ0n) is 10.5. The first-order chi connectivity index (χ1) is 9.67. The van der Waals surface area contributed by atoms with Crippen LogP contribution in [0.3, 0.4) is 0 Å². The van der Waals surface area contributed by atoms with Gasteiger partial charge in [-0.25, -0.2) is 9.37 Å². The number of rotatable bonds is 2. The third-order valence-corrected chi connectivity index (χ3v) is 3.16. The van der Waals surface area contributed by atoms with Crippen LogP contribution in [0.4, 0.5) is 10.3 Å². The molecule has 5 heteroatoms. The number of fused-ring (bicyclic) bond motifs is 1. The van der Waals surface area contributed by atoms with Crippen LogP contribution in [0.15, 0.2) is 42.5 Å². The molecule has 0 atom stereocenters. The second kappa shape index (κ2) is 4.67. The average molecular weight is 266 g/mol. The number of benzene rings is 2. The Morgan fingerprint density at radius 1 is 1.20 bits per heavy atom. The molecule has 0 fully saturated rings. The summed E-state index contributed by atoms with van der Waals surface area (Å²) < 4.78 is 14.7. The lowest BCUT2D eigenvalue weighted by Crippen LogP contribution is -2.04. The number of anilines is 1. The van der Waals surface area contributed by atoms with Crippen molar-refractivity contribution in [1.82, 2.24) is 9.55 Å². The van der Waals surface area contributed by atoms with E-state index in [1.54, 1.807) is 30.3 Å². The van der Waals surface area contributed by atoms with Crippen LogP contribution in [0, 0.1) is 17.1 Å². The van der Waals surface area contributed by atoms with Gasteiger partial charge in [0.1, 0.15) is 5.82 Å². The summed E-state index contributed by atoms with van der Waals surface area (Å²) >= 11 is 0. The number of nitrogen functional groups attached to an aromatic ring is 1. The Balaban J connectivity index is 2.08. The van der Waals surface area contributed by atoms with E-state index in [2.05, 4.69) is 11.1 Å². The fourth-order valence-corrected chi connectivity index (χ4v) is 2.15. The van der Waals surface area contributed by atoms with Gasteiger partial charge in [0.15, 0.2) is 0 Å². The second-order valence-corrected chi connectivity index (χ2v) is 4.50. The van der Waals surface area contributed by atoms with E-state index in [-0.39, 0.29) is 5.82 Å². The van der Waals surface area contributed by atoms with Crippen molar-refractivity contribution in [3.05, 3.63) is 59.4 Å². The van der Waals surface area contributed by atoms with Gasteiger partial charge in [0.2, 0.25) is 5.95 Å². The Kier molecular flexibility index (Phi) is 2.84. The molecular formula is C15H11FN4. The molecule has 4 nitrogen and oxygen atoms in total. The molecule has 0 saturated heterocycles. The first kappa shape index (κ1) is 12.2. The number of nitriles is 1. The molecule has 3 aromatic rings. The van der Waals surface area contributed by atoms with Crippen molar-refractivity contribution in [3.8, 4) is 6.07 Å². The minimum atomic E-state index is -0.274. The van der Waals surface area contributed by atoms with Crippen LogP contribution in [0.1, 0.15) is 11.1 Å². The molecule has 0 aliphatic rings. The number of halogens is 1. The molecule has 98 valence electrons. The third kappa shape index (κ3) is 2.08. The predicted octanol–water partition coefficient (Wildman–Crippen LogP) is 2.68. The van der Waals surface area contributed by atoms with Gasteiger partial charge < -0.3 is 10.3 Å². The van der Waals surface area contributed by atoms with E-state index < -0.39 is 0 Å². The first-order valence-corrected chi connectivity index (χ1v) is 6.07. The lowest BCUT2D eigenvalue weighted by atomic mass is 10.2. The molecule has 2 aromatic carbocycles. The maximum absolute atomic E-state index is 12.9. The van der Waals surface area contributed by atoms with Gasteiger partial charge in [-0.3, -0.25) is 0 Å². The van der Waals surface area contributed by atoms with E-state index in [4.69, 9.17) is 11.0 Å². The van der Waals surface area contributed by atoms with Crippen molar-refractivity contribution in [2.75, 3.05) is 5.73 Å². The highest BCUT2D eigenvalue weighted by Crippen LogP contribution is 2.20. The van der Waals surface area contributed by atoms with Gasteiger partial charge in [0.05, 0.1) is 29.2 Å². The summed E-state index contributed by atoms with van der Waals surface area (Å²) in [5.41, 5.74) is 8.92. The van der Waals surface area contributed by atoms with Crippen LogP contribution in [0.25, 0.3) is 11.0 Å². The molecule has 0 radical (unpaired) electrons. The minimum Gasteiger partial charge on any atom is -0.369 e. The number of hydrogen-bond donors (Lipinski definition) is 1. The van der Waals surface area contributed by atoms with Crippen LogP contribution in [-0.2, 0) is 6.54 Å². The quantitative estimate of drug-likeness (QED) is 0.775. The molecule has 1 heterocycles. The predicted molar refractivity (Wildman–Crippen MR) is 74.4 cm³/mol. The van der Waals surface area contributed by atoms with Crippen LogP contribution >= 0.6 is 0 Å². The summed E-state index contributed by atoms with van der Waals surface area (Å²) in [5, 5.41) is 8.96. The summed E-state index contributed by atoms with van der Waals surface area (Å²) in [6.07, 6.45) is 0. The lowest BCUT2D eigenvalue weighted by molar-refractivity contribution is 0.626. The Morgan fingerprint density at radius 3 is 2.65 bits per heavy atom. The largest absolute Gasteiger partial charge is 0.369 e. The minimum absolute atomic E-state index is 0.274. The molecule has 0 aliphatic carbocycles. The van der Waals surface area contributed by atoms with Crippen LogP contribution < -0.4 is 5.73 Å². The summed E-state index contributed by atoms with van der Waals surface area (Å²) in [6.45, 7) is 0.484. The Morgan fingerprint density at radius 2 is 1.95 bits per heavy atom. The van der Waals surface area contributed by atoms with Gasteiger partial charge in [-0.1, -0.05) is 12.1 Å². The molecule has 2 N–H and O–H groups in total. The topological polar surface area (TPSA) is 67.6 Å². The molecule has 0 bridgehead atoms. The third-order valence-electron chi connectivity index (χ3n) is 3.16. The van der Waals surface area contributed by atoms with Crippen molar-refractivity contribution in [1.29, 1.82) is 5.26 Å². The Labute approximate surface area is 114 Å². The van der Waals surface area contributed by atoms with Gasteiger partial charge in [-0.15, -0.1) is 0 Å². The molecule has 20 heavy (non-hydrogen) atoms. The van der Waals surface area contributed by atoms with E-state index in [0.717, 1.165) is 16.6 Å². The van der Waals surface area contributed by atoms with Crippen molar-refractivity contribution in [2.24, 2.45) is 0 Å². The van der Waals surface area contributed by atoms with Crippen molar-refractivity contribution < 1.29 is 4.39 Å². The van der Waals surface area contributed by atoms with E-state index in [0.29, 0.717) is 18.1 Å². The van der Waals surface area contributed by atoms with Crippen LogP contribution in [-0.4, -0.2) is 9.55 Å². The number of imidazole rings is 1. The van der Waals surface area contributed by atoms with E-state index in [9.17, 15) is 4.39 Å². The maximum atomic E-state index is 12.9.